The number of carbonyl (C=O) groups is 2. The summed E-state index contributed by atoms with van der Waals surface area (Å²) in [7, 11) is 0. The van der Waals surface area contributed by atoms with Crippen LogP contribution in [0.1, 0.15) is 6.92 Å². The molecule has 0 aromatic carbocycles. The zero-order valence-electron chi connectivity index (χ0n) is 6.78. The first-order valence-electron chi connectivity index (χ1n) is 3.35. The van der Waals surface area contributed by atoms with Crippen molar-refractivity contribution >= 4 is 12.1 Å². The maximum Gasteiger partial charge on any atom is 0.228 e. The highest BCUT2D eigenvalue weighted by atomic mass is 16.3. The average Bonchev–Trinajstić information content (AvgIpc) is 2.06. The zero-order chi connectivity index (χ0) is 9.56. The van der Waals surface area contributed by atoms with Crippen molar-refractivity contribution in [3.63, 3.8) is 0 Å². The minimum atomic E-state index is -0.742. The fraction of sp³-hybridized carbons (Fsp3) is 0.111. The Morgan fingerprint density at radius 1 is 1.50 bits per heavy atom. The van der Waals surface area contributed by atoms with Gasteiger partial charge in [-0.1, -0.05) is 18.7 Å². The third-order valence-corrected chi connectivity index (χ3v) is 1.21. The summed E-state index contributed by atoms with van der Waals surface area (Å²) < 4.78 is 0. The molecule has 3 nitrogen and oxygen atoms in total. The van der Waals surface area contributed by atoms with Gasteiger partial charge in [0.05, 0.1) is 5.57 Å². The SMILES string of the molecule is C=C/C=C(O)/C(=C/C)C(=O)C=O. The predicted molar refractivity (Wildman–Crippen MR) is 45.7 cm³/mol. The molecule has 0 atom stereocenters. The molecule has 0 spiro atoms. The van der Waals surface area contributed by atoms with Crippen molar-refractivity contribution in [2.45, 2.75) is 6.92 Å². The summed E-state index contributed by atoms with van der Waals surface area (Å²) in [6.45, 7) is 4.90. The van der Waals surface area contributed by atoms with Crippen LogP contribution in [0.5, 0.6) is 0 Å². The molecule has 0 bridgehead atoms. The first-order valence-corrected chi connectivity index (χ1v) is 3.35. The van der Waals surface area contributed by atoms with Gasteiger partial charge in [-0.25, -0.2) is 0 Å². The number of allylic oxidation sites excluding steroid dienone is 4. The molecular weight excluding hydrogens is 156 g/mol. The molecule has 0 aromatic heterocycles. The van der Waals surface area contributed by atoms with Gasteiger partial charge in [0.25, 0.3) is 0 Å². The molecule has 0 aliphatic carbocycles. The van der Waals surface area contributed by atoms with Crippen LogP contribution in [0.2, 0.25) is 0 Å². The van der Waals surface area contributed by atoms with Crippen molar-refractivity contribution in [2.75, 3.05) is 0 Å². The number of aliphatic hydroxyl groups is 1. The number of rotatable bonds is 4. The van der Waals surface area contributed by atoms with E-state index in [4.69, 9.17) is 5.11 Å². The third-order valence-electron chi connectivity index (χ3n) is 1.21. The molecule has 1 N–H and O–H groups in total. The quantitative estimate of drug-likeness (QED) is 0.225. The van der Waals surface area contributed by atoms with Crippen LogP contribution in [0.4, 0.5) is 0 Å². The van der Waals surface area contributed by atoms with Crippen LogP contribution in [-0.4, -0.2) is 17.2 Å². The van der Waals surface area contributed by atoms with Crippen LogP contribution in [0.15, 0.2) is 36.1 Å². The Morgan fingerprint density at radius 2 is 2.08 bits per heavy atom. The first kappa shape index (κ1) is 10.4. The number of carbonyl (C=O) groups excluding carboxylic acids is 2. The summed E-state index contributed by atoms with van der Waals surface area (Å²) in [5.74, 6) is -0.988. The van der Waals surface area contributed by atoms with Crippen LogP contribution < -0.4 is 0 Å². The molecular formula is C9H10O3. The van der Waals surface area contributed by atoms with Gasteiger partial charge in [-0.3, -0.25) is 9.59 Å². The van der Waals surface area contributed by atoms with Crippen molar-refractivity contribution in [3.8, 4) is 0 Å². The van der Waals surface area contributed by atoms with Gasteiger partial charge < -0.3 is 5.11 Å². The number of hydrogen-bond donors (Lipinski definition) is 1. The Kier molecular flexibility index (Phi) is 4.38. The normalized spacial score (nSPS) is 12.4. The summed E-state index contributed by atoms with van der Waals surface area (Å²) in [6.07, 6.45) is 4.10. The second-order valence-electron chi connectivity index (χ2n) is 1.97. The van der Waals surface area contributed by atoms with E-state index in [9.17, 15) is 9.59 Å². The minimum Gasteiger partial charge on any atom is -0.507 e. The summed E-state index contributed by atoms with van der Waals surface area (Å²) in [5, 5.41) is 9.15. The molecule has 0 rings (SSSR count). The number of hydrogen-bond acceptors (Lipinski definition) is 3. The largest absolute Gasteiger partial charge is 0.507 e. The third kappa shape index (κ3) is 2.54. The van der Waals surface area contributed by atoms with Gasteiger partial charge in [-0.15, -0.1) is 0 Å². The molecule has 3 heteroatoms. The molecule has 0 aliphatic rings. The Bertz CT molecular complexity index is 259. The van der Waals surface area contributed by atoms with E-state index >= 15 is 0 Å². The average molecular weight is 166 g/mol. The van der Waals surface area contributed by atoms with E-state index < -0.39 is 5.78 Å². The fourth-order valence-corrected chi connectivity index (χ4v) is 0.681. The number of aliphatic hydroxyl groups excluding tert-OH is 1. The van der Waals surface area contributed by atoms with Crippen molar-refractivity contribution in [1.82, 2.24) is 0 Å². The zero-order valence-corrected chi connectivity index (χ0v) is 6.78. The summed E-state index contributed by atoms with van der Waals surface area (Å²) >= 11 is 0. The van der Waals surface area contributed by atoms with Gasteiger partial charge >= 0.3 is 0 Å². The van der Waals surface area contributed by atoms with Crippen molar-refractivity contribution in [1.29, 1.82) is 0 Å². The molecule has 0 heterocycles. The standard InChI is InChI=1S/C9H10O3/c1-3-5-8(11)7(4-2)9(12)6-10/h3-6,11H,1H2,2H3/b7-4-,8-5-. The van der Waals surface area contributed by atoms with Gasteiger partial charge in [0.15, 0.2) is 6.29 Å². The highest BCUT2D eigenvalue weighted by Crippen LogP contribution is 2.06. The smallest absolute Gasteiger partial charge is 0.228 e. The number of Topliss-reactive ketones (excluding diaryl/α,β-unsaturated/α-hetero) is 1. The van der Waals surface area contributed by atoms with Crippen LogP contribution in [0.3, 0.4) is 0 Å². The van der Waals surface area contributed by atoms with Gasteiger partial charge in [0.2, 0.25) is 5.78 Å². The Labute approximate surface area is 70.7 Å². The molecule has 0 aliphatic heterocycles. The van der Waals surface area contributed by atoms with Crippen LogP contribution in [0.25, 0.3) is 0 Å². The summed E-state index contributed by atoms with van der Waals surface area (Å²) in [4.78, 5) is 20.8. The predicted octanol–water partition coefficient (Wildman–Crippen LogP) is 1.33. The maximum absolute atomic E-state index is 10.8. The molecule has 0 amide bonds. The second kappa shape index (κ2) is 5.07. The van der Waals surface area contributed by atoms with E-state index in [1.54, 1.807) is 6.92 Å². The molecule has 0 fully saturated rings. The van der Waals surface area contributed by atoms with Crippen molar-refractivity contribution in [3.05, 3.63) is 36.1 Å². The summed E-state index contributed by atoms with van der Waals surface area (Å²) in [5.41, 5.74) is -0.00935. The highest BCUT2D eigenvalue weighted by Gasteiger charge is 2.10. The van der Waals surface area contributed by atoms with E-state index in [2.05, 4.69) is 6.58 Å². The van der Waals surface area contributed by atoms with E-state index in [0.29, 0.717) is 0 Å². The Morgan fingerprint density at radius 3 is 2.42 bits per heavy atom. The lowest BCUT2D eigenvalue weighted by molar-refractivity contribution is -0.127. The molecule has 0 radical (unpaired) electrons. The van der Waals surface area contributed by atoms with Crippen LogP contribution in [-0.2, 0) is 9.59 Å². The minimum absolute atomic E-state index is 0.00935. The number of ketones is 1. The maximum atomic E-state index is 10.8. The van der Waals surface area contributed by atoms with Crippen molar-refractivity contribution < 1.29 is 14.7 Å². The van der Waals surface area contributed by atoms with E-state index in [1.165, 1.54) is 18.2 Å². The first-order chi connectivity index (χ1) is 5.67. The Hall–Kier alpha value is -1.64. The van der Waals surface area contributed by atoms with E-state index in [-0.39, 0.29) is 17.6 Å². The molecule has 0 saturated carbocycles. The monoisotopic (exact) mass is 166 g/mol. The van der Waals surface area contributed by atoms with Gasteiger partial charge in [0, 0.05) is 0 Å². The lowest BCUT2D eigenvalue weighted by Gasteiger charge is -1.98. The van der Waals surface area contributed by atoms with Gasteiger partial charge in [-0.2, -0.15) is 0 Å². The Balaban J connectivity index is 4.81. The topological polar surface area (TPSA) is 54.4 Å². The number of aldehydes is 1. The fourth-order valence-electron chi connectivity index (χ4n) is 0.681. The molecule has 0 aromatic rings. The van der Waals surface area contributed by atoms with E-state index in [0.717, 1.165) is 0 Å². The second-order valence-corrected chi connectivity index (χ2v) is 1.97. The lowest BCUT2D eigenvalue weighted by Crippen LogP contribution is -2.05. The van der Waals surface area contributed by atoms with Crippen LogP contribution >= 0.6 is 0 Å². The molecule has 0 unspecified atom stereocenters. The molecule has 64 valence electrons. The van der Waals surface area contributed by atoms with Crippen molar-refractivity contribution in [2.24, 2.45) is 0 Å². The molecule has 12 heavy (non-hydrogen) atoms. The lowest BCUT2D eigenvalue weighted by atomic mass is 10.1. The van der Waals surface area contributed by atoms with E-state index in [1.807, 2.05) is 0 Å². The summed E-state index contributed by atoms with van der Waals surface area (Å²) in [6, 6.07) is 0. The van der Waals surface area contributed by atoms with Gasteiger partial charge in [-0.05, 0) is 13.0 Å². The van der Waals surface area contributed by atoms with Crippen LogP contribution in [0, 0.1) is 0 Å². The highest BCUT2D eigenvalue weighted by molar-refractivity contribution is 6.34. The van der Waals surface area contributed by atoms with Gasteiger partial charge in [0.1, 0.15) is 5.76 Å². The molecule has 0 saturated heterocycles.